The second-order valence-electron chi connectivity index (χ2n) is 4.81. The summed E-state index contributed by atoms with van der Waals surface area (Å²) in [5, 5.41) is 0.230. The van der Waals surface area contributed by atoms with Gasteiger partial charge in [-0.2, -0.15) is 0 Å². The third kappa shape index (κ3) is 2.36. The van der Waals surface area contributed by atoms with E-state index in [-0.39, 0.29) is 5.38 Å². The lowest BCUT2D eigenvalue weighted by Gasteiger charge is -2.19. The van der Waals surface area contributed by atoms with Crippen LogP contribution in [0.15, 0.2) is 18.2 Å². The highest BCUT2D eigenvalue weighted by Crippen LogP contribution is 2.40. The van der Waals surface area contributed by atoms with Crippen molar-refractivity contribution in [2.24, 2.45) is 5.92 Å². The van der Waals surface area contributed by atoms with Gasteiger partial charge in [0.2, 0.25) is 0 Å². The van der Waals surface area contributed by atoms with Crippen LogP contribution in [0.5, 0.6) is 0 Å². The van der Waals surface area contributed by atoms with Gasteiger partial charge in [-0.1, -0.05) is 36.6 Å². The Labute approximate surface area is 97.6 Å². The minimum Gasteiger partial charge on any atom is -0.118 e. The molecule has 1 atom stereocenters. The molecule has 0 aromatic heterocycles. The lowest BCUT2D eigenvalue weighted by atomic mass is 9.93. The highest BCUT2D eigenvalue weighted by atomic mass is 35.5. The molecule has 1 saturated carbocycles. The molecule has 82 valence electrons. The molecule has 0 nitrogen and oxygen atoms in total. The van der Waals surface area contributed by atoms with Crippen LogP contribution in [0, 0.1) is 19.8 Å². The van der Waals surface area contributed by atoms with Crippen molar-refractivity contribution in [3.8, 4) is 0 Å². The Balaban J connectivity index is 2.20. The van der Waals surface area contributed by atoms with Crippen LogP contribution >= 0.6 is 11.6 Å². The first kappa shape index (κ1) is 11.0. The summed E-state index contributed by atoms with van der Waals surface area (Å²) in [6, 6.07) is 6.62. The maximum Gasteiger partial charge on any atom is 0.0615 e. The van der Waals surface area contributed by atoms with E-state index in [4.69, 9.17) is 11.6 Å². The summed E-state index contributed by atoms with van der Waals surface area (Å²) in [4.78, 5) is 0. The summed E-state index contributed by atoms with van der Waals surface area (Å²) >= 11 is 6.57. The minimum absolute atomic E-state index is 0.230. The number of alkyl halides is 1. The molecule has 1 fully saturated rings. The molecule has 1 aromatic carbocycles. The van der Waals surface area contributed by atoms with Crippen molar-refractivity contribution in [1.29, 1.82) is 0 Å². The lowest BCUT2D eigenvalue weighted by molar-refractivity contribution is 0.527. The van der Waals surface area contributed by atoms with E-state index in [9.17, 15) is 0 Å². The highest BCUT2D eigenvalue weighted by Gasteiger charge is 2.25. The predicted molar refractivity (Wildman–Crippen MR) is 66.5 cm³/mol. The van der Waals surface area contributed by atoms with Crippen LogP contribution in [0.25, 0.3) is 0 Å². The minimum atomic E-state index is 0.230. The normalized spacial score (nSPS) is 19.4. The standard InChI is InChI=1S/C14H19Cl/c1-10-7-8-13(11(2)9-10)14(15)12-5-3-4-6-12/h7-9,12,14H,3-6H2,1-2H3. The second kappa shape index (κ2) is 4.57. The molecule has 1 unspecified atom stereocenters. The topological polar surface area (TPSA) is 0 Å². The van der Waals surface area contributed by atoms with Gasteiger partial charge in [0.25, 0.3) is 0 Å². The fourth-order valence-corrected chi connectivity index (χ4v) is 3.14. The third-order valence-corrected chi connectivity index (χ3v) is 4.13. The van der Waals surface area contributed by atoms with Crippen LogP contribution in [0.3, 0.4) is 0 Å². The summed E-state index contributed by atoms with van der Waals surface area (Å²) in [7, 11) is 0. The Morgan fingerprint density at radius 3 is 2.47 bits per heavy atom. The summed E-state index contributed by atoms with van der Waals surface area (Å²) < 4.78 is 0. The quantitative estimate of drug-likeness (QED) is 0.633. The Morgan fingerprint density at radius 1 is 1.20 bits per heavy atom. The van der Waals surface area contributed by atoms with E-state index in [1.54, 1.807) is 0 Å². The van der Waals surface area contributed by atoms with Crippen molar-refractivity contribution in [3.63, 3.8) is 0 Å². The number of hydrogen-bond donors (Lipinski definition) is 0. The smallest absolute Gasteiger partial charge is 0.0615 e. The van der Waals surface area contributed by atoms with Gasteiger partial charge in [0.15, 0.2) is 0 Å². The van der Waals surface area contributed by atoms with Crippen molar-refractivity contribution in [2.75, 3.05) is 0 Å². The molecule has 0 saturated heterocycles. The first-order valence-corrected chi connectivity index (χ1v) is 6.33. The van der Waals surface area contributed by atoms with Gasteiger partial charge in [0.1, 0.15) is 0 Å². The molecule has 0 spiro atoms. The summed E-state index contributed by atoms with van der Waals surface area (Å²) in [6.07, 6.45) is 5.33. The molecule has 0 N–H and O–H groups in total. The van der Waals surface area contributed by atoms with Gasteiger partial charge in [-0.25, -0.2) is 0 Å². The largest absolute Gasteiger partial charge is 0.118 e. The fourth-order valence-electron chi connectivity index (χ4n) is 2.64. The van der Waals surface area contributed by atoms with Crippen molar-refractivity contribution >= 4 is 11.6 Å². The first-order chi connectivity index (χ1) is 7.18. The van der Waals surface area contributed by atoms with Crippen molar-refractivity contribution in [2.45, 2.75) is 44.9 Å². The molecule has 0 heterocycles. The number of benzene rings is 1. The van der Waals surface area contributed by atoms with Crippen LogP contribution in [-0.4, -0.2) is 0 Å². The van der Waals surface area contributed by atoms with Gasteiger partial charge >= 0.3 is 0 Å². The SMILES string of the molecule is Cc1ccc(C(Cl)C2CCCC2)c(C)c1. The van der Waals surface area contributed by atoms with Crippen LogP contribution in [0.1, 0.15) is 47.8 Å². The molecule has 0 bridgehead atoms. The Bertz CT molecular complexity index is 337. The van der Waals surface area contributed by atoms with Crippen LogP contribution in [0.2, 0.25) is 0 Å². The highest BCUT2D eigenvalue weighted by molar-refractivity contribution is 6.21. The van der Waals surface area contributed by atoms with Crippen LogP contribution < -0.4 is 0 Å². The molecule has 1 aliphatic rings. The molecule has 15 heavy (non-hydrogen) atoms. The molecule has 0 radical (unpaired) electrons. The Kier molecular flexibility index (Phi) is 3.35. The molecule has 1 heteroatoms. The lowest BCUT2D eigenvalue weighted by Crippen LogP contribution is -2.05. The molecule has 1 aliphatic carbocycles. The van der Waals surface area contributed by atoms with E-state index in [0.717, 1.165) is 0 Å². The van der Waals surface area contributed by atoms with Crippen LogP contribution in [0.4, 0.5) is 0 Å². The maximum atomic E-state index is 6.57. The Morgan fingerprint density at radius 2 is 1.87 bits per heavy atom. The summed E-state index contributed by atoms with van der Waals surface area (Å²) in [5.74, 6) is 0.702. The van der Waals surface area contributed by atoms with E-state index < -0.39 is 0 Å². The van der Waals surface area contributed by atoms with Crippen molar-refractivity contribution in [3.05, 3.63) is 34.9 Å². The number of aryl methyl sites for hydroxylation is 2. The van der Waals surface area contributed by atoms with E-state index in [2.05, 4.69) is 32.0 Å². The van der Waals surface area contributed by atoms with Gasteiger partial charge < -0.3 is 0 Å². The summed E-state index contributed by atoms with van der Waals surface area (Å²) in [6.45, 7) is 4.31. The van der Waals surface area contributed by atoms with Gasteiger partial charge in [-0.05, 0) is 43.7 Å². The van der Waals surface area contributed by atoms with E-state index in [1.807, 2.05) is 0 Å². The second-order valence-corrected chi connectivity index (χ2v) is 5.28. The summed E-state index contributed by atoms with van der Waals surface area (Å²) in [5.41, 5.74) is 4.02. The van der Waals surface area contributed by atoms with E-state index >= 15 is 0 Å². The molecular weight excluding hydrogens is 204 g/mol. The van der Waals surface area contributed by atoms with Crippen molar-refractivity contribution in [1.82, 2.24) is 0 Å². The molecule has 0 aliphatic heterocycles. The average Bonchev–Trinajstić information content (AvgIpc) is 2.69. The van der Waals surface area contributed by atoms with E-state index in [1.165, 1.54) is 42.4 Å². The molecule has 2 rings (SSSR count). The third-order valence-electron chi connectivity index (χ3n) is 3.54. The molecule has 1 aromatic rings. The number of hydrogen-bond acceptors (Lipinski definition) is 0. The molecule has 0 amide bonds. The zero-order valence-corrected chi connectivity index (χ0v) is 10.3. The average molecular weight is 223 g/mol. The van der Waals surface area contributed by atoms with Crippen LogP contribution in [-0.2, 0) is 0 Å². The van der Waals surface area contributed by atoms with Gasteiger partial charge in [0, 0.05) is 0 Å². The predicted octanol–water partition coefficient (Wildman–Crippen LogP) is 4.77. The monoisotopic (exact) mass is 222 g/mol. The maximum absolute atomic E-state index is 6.57. The fraction of sp³-hybridized carbons (Fsp3) is 0.571. The first-order valence-electron chi connectivity index (χ1n) is 5.89. The Hall–Kier alpha value is -0.490. The molecular formula is C14H19Cl. The number of rotatable bonds is 2. The zero-order chi connectivity index (χ0) is 10.8. The van der Waals surface area contributed by atoms with Crippen molar-refractivity contribution < 1.29 is 0 Å². The van der Waals surface area contributed by atoms with Gasteiger partial charge in [-0.15, -0.1) is 11.6 Å². The van der Waals surface area contributed by atoms with Gasteiger partial charge in [-0.3, -0.25) is 0 Å². The number of halogens is 1. The van der Waals surface area contributed by atoms with E-state index in [0.29, 0.717) is 5.92 Å². The van der Waals surface area contributed by atoms with Gasteiger partial charge in [0.05, 0.1) is 5.38 Å². The zero-order valence-electron chi connectivity index (χ0n) is 9.59.